The van der Waals surface area contributed by atoms with Crippen LogP contribution in [0.1, 0.15) is 39.0 Å². The van der Waals surface area contributed by atoms with Crippen molar-refractivity contribution in [1.82, 2.24) is 5.32 Å². The fourth-order valence-corrected chi connectivity index (χ4v) is 2.36. The molecule has 2 fully saturated rings. The smallest absolute Gasteiger partial charge is 0.0580 e. The number of hydrogen-bond donors (Lipinski definition) is 2. The highest BCUT2D eigenvalue weighted by molar-refractivity contribution is 4.85. The highest BCUT2D eigenvalue weighted by Crippen LogP contribution is 2.33. The summed E-state index contributed by atoms with van der Waals surface area (Å²) in [6.07, 6.45) is 6.22. The molecule has 2 saturated carbocycles. The first-order chi connectivity index (χ1) is 6.27. The minimum absolute atomic E-state index is 0.0288. The molecule has 2 heteroatoms. The van der Waals surface area contributed by atoms with Crippen LogP contribution in [0.4, 0.5) is 0 Å². The molecular weight excluding hydrogens is 162 g/mol. The maximum atomic E-state index is 9.62. The Balaban J connectivity index is 1.66. The standard InChI is InChI=1S/C11H21NO/c1-8(9-5-6-9)12-7-10-3-2-4-11(10)13/h8-13H,2-7H2,1H3. The second-order valence-electron chi connectivity index (χ2n) is 4.79. The number of nitrogens with one attached hydrogen (secondary N) is 1. The lowest BCUT2D eigenvalue weighted by molar-refractivity contribution is 0.129. The minimum atomic E-state index is -0.0288. The van der Waals surface area contributed by atoms with Gasteiger partial charge in [0, 0.05) is 12.6 Å². The van der Waals surface area contributed by atoms with Crippen LogP contribution in [0.2, 0.25) is 0 Å². The van der Waals surface area contributed by atoms with Gasteiger partial charge in [-0.1, -0.05) is 6.42 Å². The maximum Gasteiger partial charge on any atom is 0.0580 e. The van der Waals surface area contributed by atoms with Crippen molar-refractivity contribution in [2.45, 2.75) is 51.2 Å². The highest BCUT2D eigenvalue weighted by Gasteiger charge is 2.30. The molecule has 2 rings (SSSR count). The van der Waals surface area contributed by atoms with Crippen molar-refractivity contribution < 1.29 is 5.11 Å². The van der Waals surface area contributed by atoms with E-state index in [1.54, 1.807) is 0 Å². The second-order valence-corrected chi connectivity index (χ2v) is 4.79. The SMILES string of the molecule is CC(NCC1CCCC1O)C1CC1. The molecule has 2 N–H and O–H groups in total. The molecular formula is C11H21NO. The van der Waals surface area contributed by atoms with Crippen LogP contribution < -0.4 is 5.32 Å². The second kappa shape index (κ2) is 3.97. The van der Waals surface area contributed by atoms with Crippen molar-refractivity contribution in [1.29, 1.82) is 0 Å². The molecule has 0 aromatic rings. The summed E-state index contributed by atoms with van der Waals surface area (Å²) in [5.74, 6) is 1.46. The summed E-state index contributed by atoms with van der Waals surface area (Å²) in [5.41, 5.74) is 0. The number of aliphatic hydroxyl groups is 1. The average molecular weight is 183 g/mol. The van der Waals surface area contributed by atoms with E-state index in [4.69, 9.17) is 0 Å². The van der Waals surface area contributed by atoms with Crippen molar-refractivity contribution in [2.24, 2.45) is 11.8 Å². The summed E-state index contributed by atoms with van der Waals surface area (Å²) in [7, 11) is 0. The van der Waals surface area contributed by atoms with E-state index in [0.29, 0.717) is 12.0 Å². The molecule has 3 atom stereocenters. The lowest BCUT2D eigenvalue weighted by atomic mass is 10.1. The van der Waals surface area contributed by atoms with Gasteiger partial charge in [0.05, 0.1) is 6.10 Å². The van der Waals surface area contributed by atoms with E-state index in [-0.39, 0.29) is 6.10 Å². The van der Waals surface area contributed by atoms with Crippen molar-refractivity contribution in [2.75, 3.05) is 6.54 Å². The van der Waals surface area contributed by atoms with E-state index in [1.165, 1.54) is 25.7 Å². The summed E-state index contributed by atoms with van der Waals surface area (Å²) in [6.45, 7) is 3.30. The first-order valence-corrected chi connectivity index (χ1v) is 5.69. The van der Waals surface area contributed by atoms with Crippen LogP contribution in [-0.4, -0.2) is 23.8 Å². The number of aliphatic hydroxyl groups excluding tert-OH is 1. The lowest BCUT2D eigenvalue weighted by Gasteiger charge is -2.19. The third kappa shape index (κ3) is 2.44. The van der Waals surface area contributed by atoms with Crippen LogP contribution in [0.5, 0.6) is 0 Å². The Bertz CT molecular complexity index is 167. The van der Waals surface area contributed by atoms with Crippen LogP contribution in [-0.2, 0) is 0 Å². The summed E-state index contributed by atoms with van der Waals surface area (Å²) in [5, 5.41) is 13.2. The van der Waals surface area contributed by atoms with Crippen LogP contribution in [0.15, 0.2) is 0 Å². The molecule has 2 nitrogen and oxygen atoms in total. The third-order valence-corrected chi connectivity index (χ3v) is 3.65. The monoisotopic (exact) mass is 183 g/mol. The van der Waals surface area contributed by atoms with Gasteiger partial charge in [-0.05, 0) is 44.4 Å². The molecule has 0 bridgehead atoms. The van der Waals surface area contributed by atoms with E-state index < -0.39 is 0 Å². The zero-order valence-corrected chi connectivity index (χ0v) is 8.50. The Kier molecular flexibility index (Phi) is 2.89. The van der Waals surface area contributed by atoms with E-state index in [1.807, 2.05) is 0 Å². The van der Waals surface area contributed by atoms with Crippen molar-refractivity contribution in [3.05, 3.63) is 0 Å². The molecule has 13 heavy (non-hydrogen) atoms. The summed E-state index contributed by atoms with van der Waals surface area (Å²) in [4.78, 5) is 0. The Morgan fingerprint density at radius 1 is 1.31 bits per heavy atom. The summed E-state index contributed by atoms with van der Waals surface area (Å²) >= 11 is 0. The predicted octanol–water partition coefficient (Wildman–Crippen LogP) is 1.54. The molecule has 0 aromatic heterocycles. The molecule has 3 unspecified atom stereocenters. The number of hydrogen-bond acceptors (Lipinski definition) is 2. The molecule has 0 aliphatic heterocycles. The number of rotatable bonds is 4. The zero-order valence-electron chi connectivity index (χ0n) is 8.50. The van der Waals surface area contributed by atoms with Crippen molar-refractivity contribution in [3.8, 4) is 0 Å². The molecule has 0 saturated heterocycles. The van der Waals surface area contributed by atoms with Gasteiger partial charge >= 0.3 is 0 Å². The Hall–Kier alpha value is -0.0800. The van der Waals surface area contributed by atoms with Crippen molar-refractivity contribution in [3.63, 3.8) is 0 Å². The van der Waals surface area contributed by atoms with Gasteiger partial charge in [0.15, 0.2) is 0 Å². The molecule has 2 aliphatic carbocycles. The molecule has 0 amide bonds. The molecule has 0 spiro atoms. The lowest BCUT2D eigenvalue weighted by Crippen LogP contribution is -2.35. The van der Waals surface area contributed by atoms with Crippen LogP contribution >= 0.6 is 0 Å². The molecule has 2 aliphatic rings. The van der Waals surface area contributed by atoms with Gasteiger partial charge in [0.25, 0.3) is 0 Å². The van der Waals surface area contributed by atoms with Crippen molar-refractivity contribution >= 4 is 0 Å². The van der Waals surface area contributed by atoms with E-state index >= 15 is 0 Å². The molecule has 0 heterocycles. The van der Waals surface area contributed by atoms with Crippen LogP contribution in [0.25, 0.3) is 0 Å². The highest BCUT2D eigenvalue weighted by atomic mass is 16.3. The van der Waals surface area contributed by atoms with Gasteiger partial charge in [-0.25, -0.2) is 0 Å². The third-order valence-electron chi connectivity index (χ3n) is 3.65. The van der Waals surface area contributed by atoms with E-state index in [2.05, 4.69) is 12.2 Å². The van der Waals surface area contributed by atoms with Gasteiger partial charge in [0.1, 0.15) is 0 Å². The zero-order chi connectivity index (χ0) is 9.26. The first kappa shape index (κ1) is 9.47. The van der Waals surface area contributed by atoms with E-state index in [9.17, 15) is 5.11 Å². The normalized spacial score (nSPS) is 36.5. The van der Waals surface area contributed by atoms with Gasteiger partial charge < -0.3 is 10.4 Å². The quantitative estimate of drug-likeness (QED) is 0.693. The first-order valence-electron chi connectivity index (χ1n) is 5.69. The molecule has 0 aromatic carbocycles. The van der Waals surface area contributed by atoms with E-state index in [0.717, 1.165) is 18.9 Å². The van der Waals surface area contributed by atoms with Crippen LogP contribution in [0.3, 0.4) is 0 Å². The van der Waals surface area contributed by atoms with Gasteiger partial charge in [-0.2, -0.15) is 0 Å². The minimum Gasteiger partial charge on any atom is -0.393 e. The topological polar surface area (TPSA) is 32.3 Å². The van der Waals surface area contributed by atoms with Gasteiger partial charge in [0.2, 0.25) is 0 Å². The molecule has 0 radical (unpaired) electrons. The Morgan fingerprint density at radius 3 is 2.62 bits per heavy atom. The predicted molar refractivity (Wildman–Crippen MR) is 53.5 cm³/mol. The van der Waals surface area contributed by atoms with Gasteiger partial charge in [-0.15, -0.1) is 0 Å². The van der Waals surface area contributed by atoms with Gasteiger partial charge in [-0.3, -0.25) is 0 Å². The Morgan fingerprint density at radius 2 is 2.08 bits per heavy atom. The summed E-state index contributed by atoms with van der Waals surface area (Å²) < 4.78 is 0. The molecule has 76 valence electrons. The summed E-state index contributed by atoms with van der Waals surface area (Å²) in [6, 6.07) is 0.674. The fourth-order valence-electron chi connectivity index (χ4n) is 2.36. The fraction of sp³-hybridized carbons (Fsp3) is 1.00. The average Bonchev–Trinajstić information content (AvgIpc) is 2.88. The van der Waals surface area contributed by atoms with Crippen LogP contribution in [0, 0.1) is 11.8 Å². The Labute approximate surface area is 80.7 Å². The largest absolute Gasteiger partial charge is 0.393 e. The maximum absolute atomic E-state index is 9.62.